The predicted octanol–water partition coefficient (Wildman–Crippen LogP) is 2.52. The van der Waals surface area contributed by atoms with Gasteiger partial charge in [-0.05, 0) is 97.7 Å². The van der Waals surface area contributed by atoms with Crippen molar-refractivity contribution in [3.63, 3.8) is 0 Å². The van der Waals surface area contributed by atoms with Gasteiger partial charge in [0.1, 0.15) is 6.61 Å². The van der Waals surface area contributed by atoms with E-state index in [0.717, 1.165) is 25.7 Å². The number of rotatable bonds is 7. The molecule has 0 amide bonds. The van der Waals surface area contributed by atoms with Gasteiger partial charge in [-0.15, -0.1) is 0 Å². The summed E-state index contributed by atoms with van der Waals surface area (Å²) >= 11 is 0. The molecular formula is C27H41F3NO8S-. The SMILES string of the molecule is C[C@H](CCC(=O)OC/C([O-])=N/S(=O)(=O)C(F)(F)F)[C@H]1CC[C@H]2[C@@H]3C(O)C[C@@H]4CC(O)CC[C@]4(C)[C@H]3CC(O)[C@]12C. The van der Waals surface area contributed by atoms with E-state index in [-0.39, 0.29) is 53.4 Å². The predicted molar refractivity (Wildman–Crippen MR) is 136 cm³/mol. The Hall–Kier alpha value is -1.44. The van der Waals surface area contributed by atoms with Crippen LogP contribution in [-0.2, 0) is 19.6 Å². The monoisotopic (exact) mass is 596 g/mol. The summed E-state index contributed by atoms with van der Waals surface area (Å²) in [7, 11) is -6.00. The lowest BCUT2D eigenvalue weighted by Gasteiger charge is -2.63. The lowest BCUT2D eigenvalue weighted by atomic mass is 9.43. The van der Waals surface area contributed by atoms with Crippen molar-refractivity contribution in [1.82, 2.24) is 0 Å². The molecule has 4 fully saturated rings. The van der Waals surface area contributed by atoms with Gasteiger partial charge in [0.2, 0.25) is 0 Å². The molecule has 0 bridgehead atoms. The molecule has 0 spiro atoms. The molecule has 4 aliphatic rings. The first-order valence-corrected chi connectivity index (χ1v) is 15.6. The molecule has 0 saturated heterocycles. The van der Waals surface area contributed by atoms with Crippen molar-refractivity contribution in [2.24, 2.45) is 50.7 Å². The molecule has 4 aliphatic carbocycles. The highest BCUT2D eigenvalue weighted by Gasteiger charge is 2.65. The third kappa shape index (κ3) is 5.51. The van der Waals surface area contributed by atoms with E-state index in [1.807, 2.05) is 6.92 Å². The van der Waals surface area contributed by atoms with Gasteiger partial charge in [0.25, 0.3) is 0 Å². The molecule has 4 rings (SSSR count). The van der Waals surface area contributed by atoms with Crippen molar-refractivity contribution < 1.29 is 51.5 Å². The zero-order valence-electron chi connectivity index (χ0n) is 23.1. The highest BCUT2D eigenvalue weighted by atomic mass is 32.2. The lowest BCUT2D eigenvalue weighted by molar-refractivity contribution is -0.223. The van der Waals surface area contributed by atoms with Crippen LogP contribution in [0.4, 0.5) is 13.2 Å². The summed E-state index contributed by atoms with van der Waals surface area (Å²) in [5, 5.41) is 44.7. The molecule has 3 N–H and O–H groups in total. The molecule has 9 nitrogen and oxygen atoms in total. The van der Waals surface area contributed by atoms with Crippen molar-refractivity contribution in [3.8, 4) is 0 Å². The van der Waals surface area contributed by atoms with Crippen LogP contribution in [-0.4, -0.2) is 66.0 Å². The maximum absolute atomic E-state index is 12.4. The molecule has 0 aromatic heterocycles. The molecule has 0 aliphatic heterocycles. The Kier molecular flexibility index (Phi) is 8.66. The van der Waals surface area contributed by atoms with Crippen LogP contribution in [0.2, 0.25) is 0 Å². The van der Waals surface area contributed by atoms with Gasteiger partial charge < -0.3 is 25.2 Å². The Bertz CT molecular complexity index is 1100. The number of halogens is 3. The Morgan fingerprint density at radius 1 is 1.10 bits per heavy atom. The summed E-state index contributed by atoms with van der Waals surface area (Å²) in [5.74, 6) is -2.02. The molecule has 11 atom stereocenters. The molecule has 0 aromatic rings. The quantitative estimate of drug-likeness (QED) is 0.230. The first-order valence-electron chi connectivity index (χ1n) is 14.2. The maximum Gasteiger partial charge on any atom is 0.518 e. The van der Waals surface area contributed by atoms with Gasteiger partial charge in [0, 0.05) is 12.3 Å². The molecule has 3 unspecified atom stereocenters. The minimum Gasteiger partial charge on any atom is -0.859 e. The van der Waals surface area contributed by atoms with E-state index in [4.69, 9.17) is 0 Å². The molecule has 40 heavy (non-hydrogen) atoms. The van der Waals surface area contributed by atoms with Gasteiger partial charge in [0.05, 0.1) is 18.3 Å². The van der Waals surface area contributed by atoms with Gasteiger partial charge >= 0.3 is 21.5 Å². The summed E-state index contributed by atoms with van der Waals surface area (Å²) < 4.78 is 65.8. The van der Waals surface area contributed by atoms with Crippen LogP contribution in [0.15, 0.2) is 4.40 Å². The van der Waals surface area contributed by atoms with Crippen LogP contribution in [0.3, 0.4) is 0 Å². The van der Waals surface area contributed by atoms with Crippen molar-refractivity contribution in [2.75, 3.05) is 6.61 Å². The topological polar surface area (TPSA) is 157 Å². The number of carbonyl (C=O) groups is 1. The van der Waals surface area contributed by atoms with Gasteiger partial charge in [-0.1, -0.05) is 20.8 Å². The molecular weight excluding hydrogens is 555 g/mol. The van der Waals surface area contributed by atoms with Crippen molar-refractivity contribution >= 4 is 21.9 Å². The fraction of sp³-hybridized carbons (Fsp3) is 0.926. The highest BCUT2D eigenvalue weighted by Crippen LogP contribution is 2.68. The smallest absolute Gasteiger partial charge is 0.518 e. The van der Waals surface area contributed by atoms with Crippen LogP contribution >= 0.6 is 0 Å². The minimum absolute atomic E-state index is 0.0337. The fourth-order valence-electron chi connectivity index (χ4n) is 9.10. The van der Waals surface area contributed by atoms with E-state index < -0.39 is 51.6 Å². The first-order chi connectivity index (χ1) is 18.4. The number of hydrogen-bond acceptors (Lipinski definition) is 8. The normalized spacial score (nSPS) is 42.9. The second-order valence-electron chi connectivity index (χ2n) is 13.1. The summed E-state index contributed by atoms with van der Waals surface area (Å²) in [6, 6.07) is 0. The van der Waals surface area contributed by atoms with Crippen LogP contribution in [0.5, 0.6) is 0 Å². The van der Waals surface area contributed by atoms with E-state index >= 15 is 0 Å². The van der Waals surface area contributed by atoms with E-state index in [2.05, 4.69) is 23.0 Å². The third-order valence-corrected chi connectivity index (χ3v) is 12.2. The van der Waals surface area contributed by atoms with Crippen LogP contribution < -0.4 is 5.11 Å². The molecule has 13 heteroatoms. The summed E-state index contributed by atoms with van der Waals surface area (Å²) in [6.07, 6.45) is 3.96. The zero-order chi connectivity index (χ0) is 29.8. The average molecular weight is 597 g/mol. The third-order valence-electron chi connectivity index (χ3n) is 11.2. The molecule has 0 heterocycles. The van der Waals surface area contributed by atoms with Gasteiger partial charge in [-0.3, -0.25) is 4.79 Å². The van der Waals surface area contributed by atoms with Crippen LogP contribution in [0.1, 0.15) is 78.6 Å². The maximum atomic E-state index is 12.4. The van der Waals surface area contributed by atoms with Gasteiger partial charge in [-0.2, -0.15) is 26.0 Å². The Balaban J connectivity index is 1.38. The Morgan fingerprint density at radius 2 is 1.77 bits per heavy atom. The minimum atomic E-state index is -6.00. The number of aliphatic hydroxyl groups is 3. The average Bonchev–Trinajstić information content (AvgIpc) is 3.20. The van der Waals surface area contributed by atoms with E-state index in [1.54, 1.807) is 0 Å². The van der Waals surface area contributed by atoms with E-state index in [1.165, 1.54) is 0 Å². The van der Waals surface area contributed by atoms with E-state index in [0.29, 0.717) is 25.7 Å². The number of aliphatic hydroxyl groups excluding tert-OH is 3. The number of sulfonamides is 1. The van der Waals surface area contributed by atoms with Gasteiger partial charge in [-0.25, -0.2) is 0 Å². The number of carbonyl (C=O) groups excluding carboxylic acids is 1. The molecule has 230 valence electrons. The summed E-state index contributed by atoms with van der Waals surface area (Å²) in [5.41, 5.74) is -6.22. The summed E-state index contributed by atoms with van der Waals surface area (Å²) in [6.45, 7) is 5.11. The number of fused-ring (bicyclic) bond motifs is 5. The number of esters is 1. The number of hydrogen-bond donors (Lipinski definition) is 3. The first kappa shape index (κ1) is 31.5. The lowest BCUT2D eigenvalue weighted by Crippen LogP contribution is -2.62. The largest absolute Gasteiger partial charge is 0.859 e. The second kappa shape index (κ2) is 11.0. The highest BCUT2D eigenvalue weighted by molar-refractivity contribution is 7.91. The van der Waals surface area contributed by atoms with Crippen molar-refractivity contribution in [1.29, 1.82) is 0 Å². The zero-order valence-corrected chi connectivity index (χ0v) is 24.0. The second-order valence-corrected chi connectivity index (χ2v) is 14.7. The fourth-order valence-corrected chi connectivity index (χ4v) is 9.53. The number of nitrogens with zero attached hydrogens (tertiary/aromatic N) is 1. The molecule has 4 saturated carbocycles. The molecule has 0 aromatic carbocycles. The Labute approximate surface area is 233 Å². The standard InChI is InChI=1S/C27H42F3NO8S/c1-14(4-7-23(36)39-13-22(35)31-40(37,38)27(28,29)30)17-5-6-18-24-19(12-21(34)26(17,18)3)25(2)9-8-16(32)10-15(25)11-20(24)33/h14-21,24,32-34H,4-13H2,1-3H3,(H,31,35)/p-1/t14-,15+,16?,17-,18+,19+,20?,21?,24+,25+,26-/m1/s1. The van der Waals surface area contributed by atoms with Gasteiger partial charge in [0.15, 0.2) is 0 Å². The van der Waals surface area contributed by atoms with Crippen LogP contribution in [0, 0.1) is 46.3 Å². The molecule has 0 radical (unpaired) electrons. The number of alkyl halides is 3. The summed E-state index contributed by atoms with van der Waals surface area (Å²) in [4.78, 5) is 12.2. The van der Waals surface area contributed by atoms with Crippen LogP contribution in [0.25, 0.3) is 0 Å². The van der Waals surface area contributed by atoms with Crippen molar-refractivity contribution in [3.05, 3.63) is 0 Å². The number of ether oxygens (including phenoxy) is 1. The van der Waals surface area contributed by atoms with E-state index in [9.17, 15) is 46.8 Å². The van der Waals surface area contributed by atoms with Crippen molar-refractivity contribution in [2.45, 2.75) is 102 Å². The Morgan fingerprint density at radius 3 is 2.42 bits per heavy atom.